The average molecular weight is 285 g/mol. The van der Waals surface area contributed by atoms with Gasteiger partial charge in [-0.3, -0.25) is 0 Å². The van der Waals surface area contributed by atoms with Crippen LogP contribution in [0.4, 0.5) is 11.8 Å². The van der Waals surface area contributed by atoms with Gasteiger partial charge in [-0.15, -0.1) is 0 Å². The Bertz CT molecular complexity index is 615. The average Bonchev–Trinajstić information content (AvgIpc) is 2.70. The Hall–Kier alpha value is -1.83. The molecule has 2 heterocycles. The molecule has 0 bridgehead atoms. The molecule has 1 unspecified atom stereocenters. The van der Waals surface area contributed by atoms with Crippen LogP contribution in [0.5, 0.6) is 0 Å². The number of nitrogens with zero attached hydrogens (tertiary/aromatic N) is 4. The summed E-state index contributed by atoms with van der Waals surface area (Å²) in [6.07, 6.45) is 1.07. The van der Waals surface area contributed by atoms with Crippen molar-refractivity contribution in [3.8, 4) is 0 Å². The van der Waals surface area contributed by atoms with Crippen LogP contribution in [-0.4, -0.2) is 36.9 Å². The molecule has 0 fully saturated rings. The van der Waals surface area contributed by atoms with Crippen LogP contribution in [0.15, 0.2) is 6.33 Å². The van der Waals surface area contributed by atoms with E-state index in [0.29, 0.717) is 17.7 Å². The predicted octanol–water partition coefficient (Wildman–Crippen LogP) is 0.0880. The Labute approximate surface area is 109 Å². The van der Waals surface area contributed by atoms with E-state index in [1.807, 2.05) is 0 Å². The zero-order chi connectivity index (χ0) is 14.0. The number of anilines is 2. The normalized spacial score (nSPS) is 13.7. The van der Waals surface area contributed by atoms with Crippen molar-refractivity contribution in [1.29, 1.82) is 0 Å². The summed E-state index contributed by atoms with van der Waals surface area (Å²) in [5, 5.41) is 0. The summed E-state index contributed by atoms with van der Waals surface area (Å²) in [5.41, 5.74) is 12.2. The maximum Gasteiger partial charge on any atom is 0.534 e. The number of hydrogen-bond acceptors (Lipinski definition) is 7. The predicted molar refractivity (Wildman–Crippen MR) is 69.4 cm³/mol. The van der Waals surface area contributed by atoms with Crippen molar-refractivity contribution in [3.63, 3.8) is 0 Å². The zero-order valence-electron chi connectivity index (χ0n) is 10.2. The van der Waals surface area contributed by atoms with E-state index in [2.05, 4.69) is 15.0 Å². The van der Waals surface area contributed by atoms with Gasteiger partial charge in [0.1, 0.15) is 5.52 Å². The molecule has 0 amide bonds. The van der Waals surface area contributed by atoms with E-state index in [1.165, 1.54) is 0 Å². The second kappa shape index (κ2) is 5.43. The summed E-state index contributed by atoms with van der Waals surface area (Å²) in [6, 6.07) is 0. The van der Waals surface area contributed by atoms with Crippen molar-refractivity contribution >= 4 is 31.0 Å². The van der Waals surface area contributed by atoms with Gasteiger partial charge in [0, 0.05) is 0 Å². The smallest absolute Gasteiger partial charge is 0.382 e. The first-order valence-electron chi connectivity index (χ1n) is 5.46. The number of nitrogens with two attached hydrogens (primary N) is 2. The van der Waals surface area contributed by atoms with Crippen LogP contribution >= 0.6 is 8.03 Å². The highest BCUT2D eigenvalue weighted by atomic mass is 31.1. The summed E-state index contributed by atoms with van der Waals surface area (Å²) in [7, 11) is -2.30. The number of nitrogen functional groups attached to an aromatic ring is 2. The highest BCUT2D eigenvalue weighted by molar-refractivity contribution is 7.37. The second-order valence-corrected chi connectivity index (χ2v) is 4.96. The molecule has 10 heteroatoms. The van der Waals surface area contributed by atoms with Crippen LogP contribution in [0.1, 0.15) is 6.92 Å². The molecule has 2 rings (SSSR count). The Morgan fingerprint density at radius 2 is 2.26 bits per heavy atom. The maximum absolute atomic E-state index is 10.6. The molecule has 102 valence electrons. The van der Waals surface area contributed by atoms with Gasteiger partial charge in [-0.05, 0) is 11.5 Å². The molecule has 5 N–H and O–H groups in total. The molecule has 0 aliphatic carbocycles. The van der Waals surface area contributed by atoms with Crippen LogP contribution in [-0.2, 0) is 15.8 Å². The third-order valence-electron chi connectivity index (χ3n) is 2.43. The number of aromatic nitrogens is 4. The maximum atomic E-state index is 10.6. The van der Waals surface area contributed by atoms with Crippen LogP contribution in [0, 0.1) is 0 Å². The van der Waals surface area contributed by atoms with E-state index in [0.717, 1.165) is 0 Å². The van der Waals surface area contributed by atoms with E-state index in [4.69, 9.17) is 21.1 Å². The van der Waals surface area contributed by atoms with E-state index >= 15 is 0 Å². The van der Waals surface area contributed by atoms with Gasteiger partial charge in [-0.1, -0.05) is 0 Å². The van der Waals surface area contributed by atoms with Crippen LogP contribution < -0.4 is 11.5 Å². The summed E-state index contributed by atoms with van der Waals surface area (Å²) in [4.78, 5) is 20.7. The molecular weight excluding hydrogens is 271 g/mol. The molecule has 0 saturated heterocycles. The van der Waals surface area contributed by atoms with Gasteiger partial charge in [0.2, 0.25) is 5.95 Å². The molecule has 9 nitrogen and oxygen atoms in total. The van der Waals surface area contributed by atoms with Gasteiger partial charge < -0.3 is 20.8 Å². The molecule has 0 aromatic carbocycles. The number of fused-ring (bicyclic) bond motifs is 1. The number of imidazole rings is 1. The molecule has 0 saturated carbocycles. The van der Waals surface area contributed by atoms with Crippen molar-refractivity contribution in [2.45, 2.75) is 19.6 Å². The number of hydrogen-bond donors (Lipinski definition) is 3. The minimum Gasteiger partial charge on any atom is -0.382 e. The lowest BCUT2D eigenvalue weighted by atomic mass is 10.4. The van der Waals surface area contributed by atoms with Crippen molar-refractivity contribution in [3.05, 3.63) is 6.33 Å². The SMILES string of the molecule is C[C@H](Cn1cnc2c(N)nc(N)nc21)OC[P+](=O)O. The minimum absolute atomic E-state index is 0.0683. The van der Waals surface area contributed by atoms with Crippen LogP contribution in [0.25, 0.3) is 11.2 Å². The number of ether oxygens (including phenoxy) is 1. The highest BCUT2D eigenvalue weighted by Crippen LogP contribution is 2.18. The fourth-order valence-corrected chi connectivity index (χ4v) is 2.02. The lowest BCUT2D eigenvalue weighted by molar-refractivity contribution is 0.0847. The number of rotatable bonds is 5. The Kier molecular flexibility index (Phi) is 3.89. The van der Waals surface area contributed by atoms with Gasteiger partial charge in [-0.25, -0.2) is 4.98 Å². The van der Waals surface area contributed by atoms with Crippen molar-refractivity contribution < 1.29 is 14.2 Å². The van der Waals surface area contributed by atoms with Gasteiger partial charge in [-0.2, -0.15) is 14.9 Å². The standard InChI is InChI=1S/C9H13N6O3P/c1-5(18-4-19(16)17)2-15-3-12-6-7(10)13-9(11)14-8(6)15/h3,5H,2,4H2,1H3,(H4-,10,11,13,14,16,17)/p+1/t5-/m1/s1. The molecule has 0 aliphatic rings. The Morgan fingerprint density at radius 3 is 2.95 bits per heavy atom. The first-order chi connectivity index (χ1) is 8.97. The van der Waals surface area contributed by atoms with Crippen LogP contribution in [0.2, 0.25) is 0 Å². The van der Waals surface area contributed by atoms with E-state index < -0.39 is 8.03 Å². The molecular formula is C9H14N6O3P+. The van der Waals surface area contributed by atoms with Crippen LogP contribution in [0.3, 0.4) is 0 Å². The van der Waals surface area contributed by atoms with E-state index in [-0.39, 0.29) is 24.2 Å². The Morgan fingerprint density at radius 1 is 1.53 bits per heavy atom. The summed E-state index contributed by atoms with van der Waals surface area (Å²) in [5.74, 6) is 0.284. The van der Waals surface area contributed by atoms with E-state index in [1.54, 1.807) is 17.8 Å². The molecule has 0 radical (unpaired) electrons. The molecule has 0 aliphatic heterocycles. The third-order valence-corrected chi connectivity index (χ3v) is 2.80. The highest BCUT2D eigenvalue weighted by Gasteiger charge is 2.16. The monoisotopic (exact) mass is 285 g/mol. The van der Waals surface area contributed by atoms with Gasteiger partial charge in [0.25, 0.3) is 6.35 Å². The second-order valence-electron chi connectivity index (χ2n) is 3.99. The molecule has 0 spiro atoms. The first-order valence-corrected chi connectivity index (χ1v) is 6.86. The summed E-state index contributed by atoms with van der Waals surface area (Å²) in [6.45, 7) is 2.19. The van der Waals surface area contributed by atoms with E-state index in [9.17, 15) is 4.57 Å². The quantitative estimate of drug-likeness (QED) is 0.656. The van der Waals surface area contributed by atoms with Gasteiger partial charge >= 0.3 is 8.03 Å². The molecule has 19 heavy (non-hydrogen) atoms. The summed E-state index contributed by atoms with van der Waals surface area (Å²) >= 11 is 0. The largest absolute Gasteiger partial charge is 0.534 e. The minimum atomic E-state index is -2.30. The van der Waals surface area contributed by atoms with Crippen molar-refractivity contribution in [2.24, 2.45) is 0 Å². The van der Waals surface area contributed by atoms with Crippen molar-refractivity contribution in [2.75, 3.05) is 17.8 Å². The molecule has 2 aromatic rings. The summed E-state index contributed by atoms with van der Waals surface area (Å²) < 4.78 is 17.5. The zero-order valence-corrected chi connectivity index (χ0v) is 11.1. The topological polar surface area (TPSA) is 142 Å². The molecule has 2 atom stereocenters. The molecule has 2 aromatic heterocycles. The fourth-order valence-electron chi connectivity index (χ4n) is 1.64. The first kappa shape index (κ1) is 13.6. The van der Waals surface area contributed by atoms with Gasteiger partial charge in [0.05, 0.1) is 19.0 Å². The Balaban J connectivity index is 2.19. The lowest BCUT2D eigenvalue weighted by Gasteiger charge is -2.10. The van der Waals surface area contributed by atoms with Crippen molar-refractivity contribution in [1.82, 2.24) is 19.5 Å². The lowest BCUT2D eigenvalue weighted by Crippen LogP contribution is -2.16. The van der Waals surface area contributed by atoms with Gasteiger partial charge in [0.15, 0.2) is 11.5 Å². The third kappa shape index (κ3) is 3.14. The fraction of sp³-hybridized carbons (Fsp3) is 0.444.